The van der Waals surface area contributed by atoms with E-state index in [0.717, 1.165) is 16.7 Å². The molecule has 2 aromatic rings. The summed E-state index contributed by atoms with van der Waals surface area (Å²) in [5.41, 5.74) is 2.79. The molecule has 8 heteroatoms. The van der Waals surface area contributed by atoms with Gasteiger partial charge in [-0.15, -0.1) is 0 Å². The minimum absolute atomic E-state index is 0.126. The molecule has 1 saturated heterocycles. The molecule has 4 atom stereocenters. The van der Waals surface area contributed by atoms with Crippen molar-refractivity contribution < 1.29 is 38.0 Å². The van der Waals surface area contributed by atoms with Crippen molar-refractivity contribution in [2.75, 3.05) is 41.3 Å². The Bertz CT molecular complexity index is 1020. The molecule has 0 N–H and O–H groups in total. The zero-order valence-electron chi connectivity index (χ0n) is 18.5. The third kappa shape index (κ3) is 3.04. The van der Waals surface area contributed by atoms with Crippen LogP contribution in [-0.2, 0) is 14.3 Å². The van der Waals surface area contributed by atoms with Crippen LogP contribution in [0.1, 0.15) is 35.6 Å². The smallest absolute Gasteiger partial charge is 0.310 e. The van der Waals surface area contributed by atoms with E-state index in [4.69, 9.17) is 33.2 Å². The van der Waals surface area contributed by atoms with Gasteiger partial charge >= 0.3 is 5.97 Å². The van der Waals surface area contributed by atoms with Crippen LogP contribution >= 0.6 is 0 Å². The van der Waals surface area contributed by atoms with Gasteiger partial charge in [0.25, 0.3) is 0 Å². The van der Waals surface area contributed by atoms with Gasteiger partial charge in [-0.1, -0.05) is 0 Å². The fourth-order valence-electron chi connectivity index (χ4n) is 5.19. The maximum Gasteiger partial charge on any atom is 0.310 e. The number of hydrogen-bond donors (Lipinski definition) is 0. The molecule has 0 unspecified atom stereocenters. The van der Waals surface area contributed by atoms with Crippen molar-refractivity contribution in [2.45, 2.75) is 18.9 Å². The first kappa shape index (κ1) is 20.8. The first-order valence-electron chi connectivity index (χ1n) is 10.6. The van der Waals surface area contributed by atoms with Crippen LogP contribution in [0.3, 0.4) is 0 Å². The summed E-state index contributed by atoms with van der Waals surface area (Å²) in [5, 5.41) is 0. The summed E-state index contributed by atoms with van der Waals surface area (Å²) in [7, 11) is 4.71. The fourth-order valence-corrected chi connectivity index (χ4v) is 5.19. The predicted molar refractivity (Wildman–Crippen MR) is 113 cm³/mol. The summed E-state index contributed by atoms with van der Waals surface area (Å²) in [5.74, 6) is 1.81. The highest BCUT2D eigenvalue weighted by molar-refractivity contribution is 5.79. The van der Waals surface area contributed by atoms with Gasteiger partial charge in [0.05, 0.1) is 40.0 Å². The zero-order chi connectivity index (χ0) is 22.4. The molecule has 0 amide bonds. The van der Waals surface area contributed by atoms with Crippen molar-refractivity contribution in [2.24, 2.45) is 11.8 Å². The molecule has 3 aliphatic rings. The fraction of sp³-hybridized carbons (Fsp3) is 0.458. The van der Waals surface area contributed by atoms with E-state index in [-0.39, 0.29) is 30.7 Å². The molecule has 32 heavy (non-hydrogen) atoms. The highest BCUT2D eigenvalue weighted by Crippen LogP contribution is 2.56. The van der Waals surface area contributed by atoms with E-state index in [1.54, 1.807) is 21.3 Å². The lowest BCUT2D eigenvalue weighted by Gasteiger charge is -2.39. The quantitative estimate of drug-likeness (QED) is 0.630. The van der Waals surface area contributed by atoms with Gasteiger partial charge in [0.2, 0.25) is 12.5 Å². The van der Waals surface area contributed by atoms with Crippen LogP contribution in [-0.4, -0.2) is 47.3 Å². The Kier molecular flexibility index (Phi) is 5.25. The van der Waals surface area contributed by atoms with E-state index in [9.17, 15) is 4.79 Å². The first-order chi connectivity index (χ1) is 15.6. The molecular formula is C24H26O8. The monoisotopic (exact) mass is 442 g/mol. The van der Waals surface area contributed by atoms with Crippen LogP contribution in [0, 0.1) is 11.8 Å². The molecule has 1 aliphatic carbocycles. The summed E-state index contributed by atoms with van der Waals surface area (Å²) < 4.78 is 39.6. The topological polar surface area (TPSA) is 81.7 Å². The normalized spacial score (nSPS) is 25.1. The number of benzene rings is 2. The first-order valence-corrected chi connectivity index (χ1v) is 10.6. The molecule has 170 valence electrons. The SMILES string of the molecule is CCO[C@@H]1c2cc3c(cc2[C@@H](c2cc(OC)c(OC)c(OC)c2)[C@@H]2C(=O)OC[C@H]21)OCO3. The third-order valence-electron chi connectivity index (χ3n) is 6.51. The predicted octanol–water partition coefficient (Wildman–Crippen LogP) is 3.45. The van der Waals surface area contributed by atoms with E-state index in [1.165, 1.54) is 0 Å². The number of methoxy groups -OCH3 is 3. The van der Waals surface area contributed by atoms with Crippen molar-refractivity contribution in [1.29, 1.82) is 0 Å². The minimum Gasteiger partial charge on any atom is -0.493 e. The molecule has 0 radical (unpaired) electrons. The average Bonchev–Trinajstić information content (AvgIpc) is 3.43. The van der Waals surface area contributed by atoms with E-state index in [1.807, 2.05) is 31.2 Å². The van der Waals surface area contributed by atoms with Crippen LogP contribution in [0.5, 0.6) is 28.7 Å². The number of carbonyl (C=O) groups excluding carboxylic acids is 1. The van der Waals surface area contributed by atoms with E-state index in [2.05, 4.69) is 0 Å². The molecular weight excluding hydrogens is 416 g/mol. The number of ether oxygens (including phenoxy) is 7. The lowest BCUT2D eigenvalue weighted by molar-refractivity contribution is -0.141. The zero-order valence-corrected chi connectivity index (χ0v) is 18.5. The lowest BCUT2D eigenvalue weighted by Crippen LogP contribution is -2.35. The largest absolute Gasteiger partial charge is 0.493 e. The van der Waals surface area contributed by atoms with Crippen LogP contribution in [0.25, 0.3) is 0 Å². The Labute approximate surface area is 186 Å². The van der Waals surface area contributed by atoms with Gasteiger partial charge in [-0.3, -0.25) is 4.79 Å². The molecule has 0 bridgehead atoms. The summed E-state index contributed by atoms with van der Waals surface area (Å²) >= 11 is 0. The van der Waals surface area contributed by atoms with Crippen molar-refractivity contribution in [1.82, 2.24) is 0 Å². The van der Waals surface area contributed by atoms with Crippen LogP contribution in [0.4, 0.5) is 0 Å². The number of cyclic esters (lactones) is 1. The van der Waals surface area contributed by atoms with E-state index < -0.39 is 5.92 Å². The molecule has 1 fully saturated rings. The summed E-state index contributed by atoms with van der Waals surface area (Å²) in [6.07, 6.45) is -0.278. The number of esters is 1. The Morgan fingerprint density at radius 1 is 0.906 bits per heavy atom. The molecule has 0 aromatic heterocycles. The Morgan fingerprint density at radius 2 is 1.56 bits per heavy atom. The molecule has 8 nitrogen and oxygen atoms in total. The van der Waals surface area contributed by atoms with Gasteiger partial charge in [0.15, 0.2) is 23.0 Å². The Morgan fingerprint density at radius 3 is 2.16 bits per heavy atom. The lowest BCUT2D eigenvalue weighted by atomic mass is 9.66. The van der Waals surface area contributed by atoms with Crippen LogP contribution in [0.2, 0.25) is 0 Å². The van der Waals surface area contributed by atoms with Crippen LogP contribution < -0.4 is 23.7 Å². The average molecular weight is 442 g/mol. The summed E-state index contributed by atoms with van der Waals surface area (Å²) in [6.45, 7) is 2.94. The van der Waals surface area contributed by atoms with Gasteiger partial charge in [-0.2, -0.15) is 0 Å². The van der Waals surface area contributed by atoms with Crippen molar-refractivity contribution >= 4 is 5.97 Å². The standard InChI is InChI=1S/C24H26O8/c1-5-29-22-14-9-17-16(31-11-32-17)8-13(14)20(21-15(22)10-30-24(21)25)12-6-18(26-2)23(28-4)19(7-12)27-3/h6-9,15,20-22H,5,10-11H2,1-4H3/t15-,20-,21-,22-/m1/s1. The van der Waals surface area contributed by atoms with Crippen molar-refractivity contribution in [3.8, 4) is 28.7 Å². The van der Waals surface area contributed by atoms with E-state index >= 15 is 0 Å². The summed E-state index contributed by atoms with van der Waals surface area (Å²) in [4.78, 5) is 13.0. The molecule has 2 aliphatic heterocycles. The molecule has 0 spiro atoms. The number of fused-ring (bicyclic) bond motifs is 3. The van der Waals surface area contributed by atoms with Gasteiger partial charge in [-0.05, 0) is 47.9 Å². The Balaban J connectivity index is 1.74. The molecule has 2 heterocycles. The number of carbonyl (C=O) groups is 1. The van der Waals surface area contributed by atoms with Gasteiger partial charge < -0.3 is 33.2 Å². The van der Waals surface area contributed by atoms with Crippen molar-refractivity contribution in [3.63, 3.8) is 0 Å². The van der Waals surface area contributed by atoms with E-state index in [0.29, 0.717) is 42.0 Å². The maximum absolute atomic E-state index is 13.0. The highest BCUT2D eigenvalue weighted by atomic mass is 16.7. The number of hydrogen-bond acceptors (Lipinski definition) is 8. The second-order valence-electron chi connectivity index (χ2n) is 7.97. The Hall–Kier alpha value is -3.13. The second kappa shape index (κ2) is 8.09. The molecule has 0 saturated carbocycles. The number of rotatable bonds is 6. The molecule has 2 aromatic carbocycles. The third-order valence-corrected chi connectivity index (χ3v) is 6.51. The van der Waals surface area contributed by atoms with Gasteiger partial charge in [0.1, 0.15) is 0 Å². The maximum atomic E-state index is 13.0. The van der Waals surface area contributed by atoms with Gasteiger partial charge in [-0.25, -0.2) is 0 Å². The summed E-state index contributed by atoms with van der Waals surface area (Å²) in [6, 6.07) is 7.72. The molecule has 5 rings (SSSR count). The minimum atomic E-state index is -0.415. The van der Waals surface area contributed by atoms with Crippen LogP contribution in [0.15, 0.2) is 24.3 Å². The highest BCUT2D eigenvalue weighted by Gasteiger charge is 2.53. The van der Waals surface area contributed by atoms with Crippen molar-refractivity contribution in [3.05, 3.63) is 41.0 Å². The van der Waals surface area contributed by atoms with Gasteiger partial charge in [0, 0.05) is 18.4 Å². The second-order valence-corrected chi connectivity index (χ2v) is 7.97.